The van der Waals surface area contributed by atoms with E-state index in [9.17, 15) is 5.11 Å². The molecule has 1 nitrogen and oxygen atoms in total. The van der Waals surface area contributed by atoms with Gasteiger partial charge in [0.2, 0.25) is 0 Å². The van der Waals surface area contributed by atoms with E-state index in [1.165, 1.54) is 5.56 Å². The molecule has 14 heavy (non-hydrogen) atoms. The third kappa shape index (κ3) is 1.98. The summed E-state index contributed by atoms with van der Waals surface area (Å²) in [6.07, 6.45) is 4.08. The summed E-state index contributed by atoms with van der Waals surface area (Å²) in [6, 6.07) is 10.5. The Morgan fingerprint density at radius 3 is 2.71 bits per heavy atom. The molecule has 2 atom stereocenters. The molecule has 0 saturated heterocycles. The molecule has 1 aliphatic carbocycles. The largest absolute Gasteiger partial charge is 0.390 e. The normalized spacial score (nSPS) is 30.3. The van der Waals surface area contributed by atoms with Crippen molar-refractivity contribution in [2.75, 3.05) is 0 Å². The van der Waals surface area contributed by atoms with E-state index in [-0.39, 0.29) is 5.60 Å². The van der Waals surface area contributed by atoms with Crippen molar-refractivity contribution >= 4 is 0 Å². The van der Waals surface area contributed by atoms with Crippen LogP contribution in [0.4, 0.5) is 0 Å². The number of aliphatic hydroxyl groups is 1. The van der Waals surface area contributed by atoms with E-state index >= 15 is 0 Å². The van der Waals surface area contributed by atoms with E-state index in [1.807, 2.05) is 6.07 Å². The number of rotatable bonds is 4. The average molecular weight is 190 g/mol. The van der Waals surface area contributed by atoms with Gasteiger partial charge in [0, 0.05) is 0 Å². The Labute approximate surface area is 85.8 Å². The van der Waals surface area contributed by atoms with Gasteiger partial charge in [-0.25, -0.2) is 0 Å². The first-order chi connectivity index (χ1) is 6.74. The zero-order valence-electron chi connectivity index (χ0n) is 8.74. The van der Waals surface area contributed by atoms with Gasteiger partial charge in [-0.2, -0.15) is 0 Å². The van der Waals surface area contributed by atoms with Crippen LogP contribution in [0.15, 0.2) is 30.3 Å². The molecule has 1 saturated carbocycles. The smallest absolute Gasteiger partial charge is 0.0683 e. The summed E-state index contributed by atoms with van der Waals surface area (Å²) in [7, 11) is 0. The van der Waals surface area contributed by atoms with Crippen molar-refractivity contribution in [1.82, 2.24) is 0 Å². The fraction of sp³-hybridized carbons (Fsp3) is 0.538. The Balaban J connectivity index is 1.90. The highest BCUT2D eigenvalue weighted by molar-refractivity contribution is 5.19. The second kappa shape index (κ2) is 3.74. The maximum absolute atomic E-state index is 10.0. The summed E-state index contributed by atoms with van der Waals surface area (Å²) >= 11 is 0. The van der Waals surface area contributed by atoms with Crippen LogP contribution in [-0.4, -0.2) is 10.7 Å². The second-order valence-electron chi connectivity index (χ2n) is 4.44. The first-order valence-electron chi connectivity index (χ1n) is 5.51. The van der Waals surface area contributed by atoms with E-state index in [0.29, 0.717) is 5.92 Å². The van der Waals surface area contributed by atoms with Gasteiger partial charge in [0.15, 0.2) is 0 Å². The molecule has 0 bridgehead atoms. The maximum atomic E-state index is 10.0. The molecule has 1 heteroatoms. The first kappa shape index (κ1) is 9.72. The van der Waals surface area contributed by atoms with Crippen molar-refractivity contribution in [2.45, 2.75) is 38.2 Å². The molecule has 1 aromatic carbocycles. The minimum absolute atomic E-state index is 0.329. The van der Waals surface area contributed by atoms with Crippen molar-refractivity contribution in [2.24, 2.45) is 5.92 Å². The molecule has 0 aliphatic heterocycles. The Morgan fingerprint density at radius 2 is 2.07 bits per heavy atom. The van der Waals surface area contributed by atoms with Crippen LogP contribution in [0.1, 0.15) is 31.7 Å². The zero-order chi connectivity index (χ0) is 10.0. The number of hydrogen-bond acceptors (Lipinski definition) is 1. The summed E-state index contributed by atoms with van der Waals surface area (Å²) in [6.45, 7) is 2.13. The average Bonchev–Trinajstić information content (AvgIpc) is 2.78. The zero-order valence-corrected chi connectivity index (χ0v) is 8.74. The van der Waals surface area contributed by atoms with Gasteiger partial charge in [0.25, 0.3) is 0 Å². The van der Waals surface area contributed by atoms with Gasteiger partial charge < -0.3 is 5.11 Å². The lowest BCUT2D eigenvalue weighted by Crippen LogP contribution is -2.11. The Bertz CT molecular complexity index is 293. The molecule has 1 aromatic rings. The Hall–Kier alpha value is -0.820. The summed E-state index contributed by atoms with van der Waals surface area (Å²) in [5, 5.41) is 10.0. The lowest BCUT2D eigenvalue weighted by atomic mass is 10.0. The van der Waals surface area contributed by atoms with Gasteiger partial charge >= 0.3 is 0 Å². The van der Waals surface area contributed by atoms with Gasteiger partial charge in [-0.1, -0.05) is 43.7 Å². The molecule has 0 heterocycles. The monoisotopic (exact) mass is 190 g/mol. The highest BCUT2D eigenvalue weighted by atomic mass is 16.3. The summed E-state index contributed by atoms with van der Waals surface area (Å²) in [4.78, 5) is 0. The molecule has 0 radical (unpaired) electrons. The van der Waals surface area contributed by atoms with Crippen LogP contribution in [-0.2, 0) is 6.42 Å². The number of hydrogen-bond donors (Lipinski definition) is 1. The predicted octanol–water partition coefficient (Wildman–Crippen LogP) is 2.78. The van der Waals surface area contributed by atoms with E-state index in [4.69, 9.17) is 0 Å². The fourth-order valence-corrected chi connectivity index (χ4v) is 2.27. The minimum atomic E-state index is -0.329. The van der Waals surface area contributed by atoms with Crippen molar-refractivity contribution in [3.05, 3.63) is 35.9 Å². The van der Waals surface area contributed by atoms with Crippen LogP contribution >= 0.6 is 0 Å². The van der Waals surface area contributed by atoms with E-state index in [2.05, 4.69) is 31.2 Å². The minimum Gasteiger partial charge on any atom is -0.390 e. The highest BCUT2D eigenvalue weighted by Crippen LogP contribution is 2.48. The van der Waals surface area contributed by atoms with Crippen LogP contribution in [0.5, 0.6) is 0 Å². The van der Waals surface area contributed by atoms with Crippen LogP contribution in [0.25, 0.3) is 0 Å². The lowest BCUT2D eigenvalue weighted by Gasteiger charge is -2.08. The van der Waals surface area contributed by atoms with E-state index in [0.717, 1.165) is 25.7 Å². The molecule has 76 valence electrons. The van der Waals surface area contributed by atoms with E-state index in [1.54, 1.807) is 0 Å². The Morgan fingerprint density at radius 1 is 1.36 bits per heavy atom. The molecule has 1 fully saturated rings. The SMILES string of the molecule is CCC[C@@]1(O)C[C@H]1Cc1ccccc1. The summed E-state index contributed by atoms with van der Waals surface area (Å²) in [5.74, 6) is 0.504. The van der Waals surface area contributed by atoms with Crippen molar-refractivity contribution in [3.8, 4) is 0 Å². The lowest BCUT2D eigenvalue weighted by molar-refractivity contribution is 0.120. The maximum Gasteiger partial charge on any atom is 0.0683 e. The Kier molecular flexibility index (Phi) is 2.60. The molecular weight excluding hydrogens is 172 g/mol. The van der Waals surface area contributed by atoms with Crippen molar-refractivity contribution < 1.29 is 5.11 Å². The van der Waals surface area contributed by atoms with Crippen LogP contribution < -0.4 is 0 Å². The predicted molar refractivity (Wildman–Crippen MR) is 58.1 cm³/mol. The fourth-order valence-electron chi connectivity index (χ4n) is 2.27. The standard InChI is InChI=1S/C13H18O/c1-2-8-13(14)10-12(13)9-11-6-4-3-5-7-11/h3-7,12,14H,2,8-10H2,1H3/t12-,13-/m1/s1. The van der Waals surface area contributed by atoms with Gasteiger partial charge in [0.1, 0.15) is 0 Å². The third-order valence-corrected chi connectivity index (χ3v) is 3.21. The van der Waals surface area contributed by atoms with Crippen LogP contribution in [0, 0.1) is 5.92 Å². The van der Waals surface area contributed by atoms with Crippen LogP contribution in [0.2, 0.25) is 0 Å². The molecule has 0 aromatic heterocycles. The van der Waals surface area contributed by atoms with Crippen molar-refractivity contribution in [1.29, 1.82) is 0 Å². The van der Waals surface area contributed by atoms with Gasteiger partial charge in [0.05, 0.1) is 5.60 Å². The van der Waals surface area contributed by atoms with Crippen LogP contribution in [0.3, 0.4) is 0 Å². The van der Waals surface area contributed by atoms with E-state index < -0.39 is 0 Å². The highest BCUT2D eigenvalue weighted by Gasteiger charge is 2.51. The molecule has 1 aliphatic rings. The van der Waals surface area contributed by atoms with Gasteiger partial charge in [-0.3, -0.25) is 0 Å². The van der Waals surface area contributed by atoms with Gasteiger partial charge in [-0.15, -0.1) is 0 Å². The number of benzene rings is 1. The topological polar surface area (TPSA) is 20.2 Å². The molecule has 0 spiro atoms. The first-order valence-corrected chi connectivity index (χ1v) is 5.51. The quantitative estimate of drug-likeness (QED) is 0.774. The molecular formula is C13H18O. The summed E-state index contributed by atoms with van der Waals surface area (Å²) < 4.78 is 0. The van der Waals surface area contributed by atoms with Crippen molar-refractivity contribution in [3.63, 3.8) is 0 Å². The second-order valence-corrected chi connectivity index (χ2v) is 4.44. The molecule has 0 unspecified atom stereocenters. The molecule has 2 rings (SSSR count). The summed E-state index contributed by atoms with van der Waals surface area (Å²) in [5.41, 5.74) is 1.02. The molecule has 1 N–H and O–H groups in total. The van der Waals surface area contributed by atoms with Gasteiger partial charge in [-0.05, 0) is 30.7 Å². The third-order valence-electron chi connectivity index (χ3n) is 3.21. The molecule has 0 amide bonds.